The van der Waals surface area contributed by atoms with Gasteiger partial charge in [-0.3, -0.25) is 4.79 Å². The van der Waals surface area contributed by atoms with Crippen LogP contribution in [0.25, 0.3) is 11.1 Å². The molecule has 0 fully saturated rings. The summed E-state index contributed by atoms with van der Waals surface area (Å²) >= 11 is 1.29. The first-order valence-corrected chi connectivity index (χ1v) is 11.0. The molecule has 5 nitrogen and oxygen atoms in total. The predicted octanol–water partition coefficient (Wildman–Crippen LogP) is 4.48. The number of carbonyl (C=O) groups is 2. The second-order valence-corrected chi connectivity index (χ2v) is 8.25. The van der Waals surface area contributed by atoms with Crippen molar-refractivity contribution >= 4 is 23.7 Å². The molecular weight excluding hydrogens is 388 g/mol. The van der Waals surface area contributed by atoms with Gasteiger partial charge in [-0.1, -0.05) is 67.4 Å². The van der Waals surface area contributed by atoms with E-state index in [2.05, 4.69) is 36.4 Å². The van der Waals surface area contributed by atoms with Crippen LogP contribution in [-0.2, 0) is 16.0 Å². The van der Waals surface area contributed by atoms with Crippen LogP contribution in [0.5, 0.6) is 0 Å². The van der Waals surface area contributed by atoms with Crippen molar-refractivity contribution in [3.63, 3.8) is 0 Å². The molecule has 0 aliphatic heterocycles. The number of thioether (sulfide) groups is 1. The van der Waals surface area contributed by atoms with Crippen LogP contribution in [0.15, 0.2) is 54.6 Å². The van der Waals surface area contributed by atoms with Crippen molar-refractivity contribution < 1.29 is 24.9 Å². The Hall–Kier alpha value is -2.31. The van der Waals surface area contributed by atoms with Crippen LogP contribution in [0.2, 0.25) is 0 Å². The van der Waals surface area contributed by atoms with Crippen LogP contribution in [0.1, 0.15) is 37.7 Å². The Balaban J connectivity index is 1.68. The van der Waals surface area contributed by atoms with E-state index in [1.807, 2.05) is 18.2 Å². The minimum Gasteiger partial charge on any atom is -0.481 e. The lowest BCUT2D eigenvalue weighted by Gasteiger charge is -2.20. The van der Waals surface area contributed by atoms with Crippen LogP contribution in [-0.4, -0.2) is 44.4 Å². The van der Waals surface area contributed by atoms with E-state index in [-0.39, 0.29) is 5.75 Å². The maximum Gasteiger partial charge on any atom is 0.337 e. The highest BCUT2D eigenvalue weighted by Crippen LogP contribution is 2.25. The number of aliphatic carboxylic acids is 2. The third kappa shape index (κ3) is 7.55. The fraction of sp³-hybridized carbons (Fsp3) is 0.391. The standard InChI is InChI=1S/C23H28O5S/c24-21(25)16-23(28,22(26)27)17-29-15-9-2-1-4-10-19-13-7-8-14-20(19)18-11-5-3-6-12-18/h3,5-8,11-14,28H,1-2,4,9-10,15-17H2,(H,24,25)(H,26,27)/t23-/m1/s1. The Labute approximate surface area is 175 Å². The summed E-state index contributed by atoms with van der Waals surface area (Å²) in [5.41, 5.74) is 1.65. The van der Waals surface area contributed by atoms with Gasteiger partial charge in [0.15, 0.2) is 5.60 Å². The third-order valence-corrected chi connectivity index (χ3v) is 6.03. The molecule has 0 bridgehead atoms. The molecule has 0 aliphatic carbocycles. The molecule has 0 saturated carbocycles. The van der Waals surface area contributed by atoms with Gasteiger partial charge >= 0.3 is 11.9 Å². The first kappa shape index (κ1) is 23.0. The summed E-state index contributed by atoms with van der Waals surface area (Å²) in [6.07, 6.45) is 4.30. The molecule has 0 amide bonds. The Bertz CT molecular complexity index is 793. The molecule has 0 radical (unpaired) electrons. The lowest BCUT2D eigenvalue weighted by molar-refractivity contribution is -0.162. The predicted molar refractivity (Wildman–Crippen MR) is 116 cm³/mol. The van der Waals surface area contributed by atoms with Gasteiger partial charge in [0.05, 0.1) is 6.42 Å². The lowest BCUT2D eigenvalue weighted by Crippen LogP contribution is -2.43. The van der Waals surface area contributed by atoms with Gasteiger partial charge in [0.25, 0.3) is 0 Å². The first-order chi connectivity index (χ1) is 13.9. The number of unbranched alkanes of at least 4 members (excludes halogenated alkanes) is 3. The Morgan fingerprint density at radius 2 is 1.52 bits per heavy atom. The summed E-state index contributed by atoms with van der Waals surface area (Å²) in [6.45, 7) is 0. The fourth-order valence-electron chi connectivity index (χ4n) is 3.19. The van der Waals surface area contributed by atoms with Gasteiger partial charge < -0.3 is 15.3 Å². The molecule has 2 aromatic rings. The van der Waals surface area contributed by atoms with E-state index < -0.39 is 24.0 Å². The van der Waals surface area contributed by atoms with Crippen molar-refractivity contribution in [2.45, 2.75) is 44.1 Å². The van der Waals surface area contributed by atoms with E-state index in [0.717, 1.165) is 32.1 Å². The van der Waals surface area contributed by atoms with E-state index in [1.165, 1.54) is 28.5 Å². The number of hydrogen-bond acceptors (Lipinski definition) is 4. The van der Waals surface area contributed by atoms with Gasteiger partial charge in [-0.25, -0.2) is 4.79 Å². The lowest BCUT2D eigenvalue weighted by atomic mass is 9.96. The molecule has 0 heterocycles. The van der Waals surface area contributed by atoms with Gasteiger partial charge in [-0.2, -0.15) is 11.8 Å². The first-order valence-electron chi connectivity index (χ1n) is 9.81. The molecule has 1 atom stereocenters. The van der Waals surface area contributed by atoms with E-state index >= 15 is 0 Å². The zero-order valence-electron chi connectivity index (χ0n) is 16.4. The maximum atomic E-state index is 11.1. The quantitative estimate of drug-likeness (QED) is 0.417. The van der Waals surface area contributed by atoms with Crippen LogP contribution in [0, 0.1) is 0 Å². The van der Waals surface area contributed by atoms with Crippen molar-refractivity contribution in [1.29, 1.82) is 0 Å². The molecular formula is C23H28O5S. The summed E-state index contributed by atoms with van der Waals surface area (Å²) in [4.78, 5) is 21.8. The Morgan fingerprint density at radius 1 is 0.862 bits per heavy atom. The summed E-state index contributed by atoms with van der Waals surface area (Å²) in [5.74, 6) is -2.20. The SMILES string of the molecule is O=C(O)C[C@@](O)(CSCCCCCCc1ccccc1-c1ccccc1)C(=O)O. The minimum absolute atomic E-state index is 0.112. The molecule has 2 aromatic carbocycles. The molecule has 3 N–H and O–H groups in total. The van der Waals surface area contributed by atoms with Crippen LogP contribution >= 0.6 is 11.8 Å². The number of aryl methyl sites for hydroxylation is 1. The number of benzene rings is 2. The zero-order chi connectivity index (χ0) is 21.1. The topological polar surface area (TPSA) is 94.8 Å². The summed E-state index contributed by atoms with van der Waals surface area (Å²) in [7, 11) is 0. The molecule has 0 saturated heterocycles. The zero-order valence-corrected chi connectivity index (χ0v) is 17.2. The van der Waals surface area contributed by atoms with Crippen molar-refractivity contribution in [2.75, 3.05) is 11.5 Å². The fourth-order valence-corrected chi connectivity index (χ4v) is 4.31. The van der Waals surface area contributed by atoms with Crippen LogP contribution in [0.4, 0.5) is 0 Å². The van der Waals surface area contributed by atoms with Gasteiger partial charge in [-0.15, -0.1) is 0 Å². The third-order valence-electron chi connectivity index (χ3n) is 4.77. The Kier molecular flexibility index (Phi) is 9.22. The number of rotatable bonds is 13. The molecule has 0 unspecified atom stereocenters. The largest absolute Gasteiger partial charge is 0.481 e. The number of hydrogen-bond donors (Lipinski definition) is 3. The smallest absolute Gasteiger partial charge is 0.337 e. The Morgan fingerprint density at radius 3 is 2.21 bits per heavy atom. The number of carboxylic acid groups (broad SMARTS) is 2. The highest BCUT2D eigenvalue weighted by molar-refractivity contribution is 7.99. The van der Waals surface area contributed by atoms with Gasteiger partial charge in [0.1, 0.15) is 0 Å². The normalized spacial score (nSPS) is 13.0. The van der Waals surface area contributed by atoms with Crippen molar-refractivity contribution in [3.05, 3.63) is 60.2 Å². The molecule has 156 valence electrons. The second-order valence-electron chi connectivity index (χ2n) is 7.15. The van der Waals surface area contributed by atoms with E-state index in [0.29, 0.717) is 5.75 Å². The van der Waals surface area contributed by atoms with Gasteiger partial charge in [-0.05, 0) is 41.7 Å². The molecule has 0 spiro atoms. The summed E-state index contributed by atoms with van der Waals surface area (Å²) in [6, 6.07) is 18.8. The molecule has 29 heavy (non-hydrogen) atoms. The van der Waals surface area contributed by atoms with E-state index in [9.17, 15) is 14.7 Å². The van der Waals surface area contributed by atoms with Gasteiger partial charge in [0.2, 0.25) is 0 Å². The highest BCUT2D eigenvalue weighted by atomic mass is 32.2. The number of carboxylic acids is 2. The molecule has 0 aliphatic rings. The molecule has 0 aromatic heterocycles. The van der Waals surface area contributed by atoms with Gasteiger partial charge in [0, 0.05) is 5.75 Å². The van der Waals surface area contributed by atoms with Crippen molar-refractivity contribution in [1.82, 2.24) is 0 Å². The van der Waals surface area contributed by atoms with E-state index in [4.69, 9.17) is 10.2 Å². The average molecular weight is 417 g/mol. The van der Waals surface area contributed by atoms with E-state index in [1.54, 1.807) is 0 Å². The van der Waals surface area contributed by atoms with Crippen molar-refractivity contribution in [2.24, 2.45) is 0 Å². The average Bonchev–Trinajstić information content (AvgIpc) is 2.70. The van der Waals surface area contributed by atoms with Crippen LogP contribution < -0.4 is 0 Å². The summed E-state index contributed by atoms with van der Waals surface area (Å²) in [5, 5.41) is 27.7. The number of aliphatic hydroxyl groups is 1. The highest BCUT2D eigenvalue weighted by Gasteiger charge is 2.38. The van der Waals surface area contributed by atoms with Crippen molar-refractivity contribution in [3.8, 4) is 11.1 Å². The molecule has 2 rings (SSSR count). The maximum absolute atomic E-state index is 11.1. The monoisotopic (exact) mass is 416 g/mol. The summed E-state index contributed by atoms with van der Waals surface area (Å²) < 4.78 is 0. The molecule has 6 heteroatoms. The second kappa shape index (κ2) is 11.6. The minimum atomic E-state index is -2.20. The van der Waals surface area contributed by atoms with Crippen LogP contribution in [0.3, 0.4) is 0 Å².